The zero-order valence-electron chi connectivity index (χ0n) is 15.7. The van der Waals surface area contributed by atoms with Crippen LogP contribution in [0, 0.1) is 17.6 Å². The summed E-state index contributed by atoms with van der Waals surface area (Å²) in [7, 11) is 0. The molecule has 0 unspecified atom stereocenters. The molecule has 2 aromatic carbocycles. The molecular formula is C22H24F2N2O2. The molecular weight excluding hydrogens is 362 g/mol. The first-order valence-electron chi connectivity index (χ1n) is 9.72. The minimum absolute atomic E-state index is 0.0580. The molecule has 0 N–H and O–H groups in total. The topological polar surface area (TPSA) is 32.8 Å². The molecule has 2 aliphatic rings. The summed E-state index contributed by atoms with van der Waals surface area (Å²) in [5.74, 6) is -0.276. The summed E-state index contributed by atoms with van der Waals surface area (Å²) in [6, 6.07) is 12.9. The van der Waals surface area contributed by atoms with E-state index in [9.17, 15) is 13.6 Å². The lowest BCUT2D eigenvalue weighted by Crippen LogP contribution is -2.53. The molecule has 0 radical (unpaired) electrons. The summed E-state index contributed by atoms with van der Waals surface area (Å²) in [5.41, 5.74) is 1.81. The number of likely N-dealkylation sites (tertiary alicyclic amines) is 1. The Balaban J connectivity index is 1.44. The lowest BCUT2D eigenvalue weighted by atomic mass is 9.90. The lowest BCUT2D eigenvalue weighted by molar-refractivity contribution is -0.132. The summed E-state index contributed by atoms with van der Waals surface area (Å²) in [4.78, 5) is 16.9. The molecule has 6 heteroatoms. The van der Waals surface area contributed by atoms with Crippen LogP contribution in [0.2, 0.25) is 0 Å². The molecule has 0 spiro atoms. The third-order valence-corrected chi connectivity index (χ3v) is 5.68. The highest BCUT2D eigenvalue weighted by Gasteiger charge is 2.36. The van der Waals surface area contributed by atoms with E-state index in [0.29, 0.717) is 26.3 Å². The number of benzene rings is 2. The van der Waals surface area contributed by atoms with Crippen molar-refractivity contribution >= 4 is 11.6 Å². The van der Waals surface area contributed by atoms with Gasteiger partial charge in [0.25, 0.3) is 0 Å². The van der Waals surface area contributed by atoms with Crippen LogP contribution in [0.5, 0.6) is 0 Å². The minimum atomic E-state index is -0.298. The number of anilines is 1. The van der Waals surface area contributed by atoms with Gasteiger partial charge < -0.3 is 14.5 Å². The fraction of sp³-hybridized carbons (Fsp3) is 0.409. The first kappa shape index (κ1) is 18.9. The average Bonchev–Trinajstić information content (AvgIpc) is 2.92. The normalized spacial score (nSPS) is 22.5. The lowest BCUT2D eigenvalue weighted by Gasteiger charge is -2.43. The molecule has 4 nitrogen and oxygen atoms in total. The van der Waals surface area contributed by atoms with E-state index < -0.39 is 0 Å². The maximum atomic E-state index is 13.3. The molecule has 1 amide bonds. The molecule has 2 fully saturated rings. The van der Waals surface area contributed by atoms with E-state index in [0.717, 1.165) is 24.2 Å². The van der Waals surface area contributed by atoms with Crippen molar-refractivity contribution in [3.63, 3.8) is 0 Å². The monoisotopic (exact) mass is 386 g/mol. The second-order valence-corrected chi connectivity index (χ2v) is 7.50. The Hall–Kier alpha value is -2.47. The zero-order chi connectivity index (χ0) is 19.5. The molecule has 0 bridgehead atoms. The molecule has 2 atom stereocenters. The molecule has 148 valence electrons. The first-order valence-corrected chi connectivity index (χ1v) is 9.72. The highest BCUT2D eigenvalue weighted by Crippen LogP contribution is 2.30. The van der Waals surface area contributed by atoms with Gasteiger partial charge in [-0.2, -0.15) is 0 Å². The van der Waals surface area contributed by atoms with E-state index >= 15 is 0 Å². The van der Waals surface area contributed by atoms with Crippen LogP contribution in [-0.4, -0.2) is 49.7 Å². The van der Waals surface area contributed by atoms with E-state index in [2.05, 4.69) is 4.90 Å². The molecule has 2 aromatic rings. The van der Waals surface area contributed by atoms with Gasteiger partial charge >= 0.3 is 0 Å². The van der Waals surface area contributed by atoms with E-state index in [4.69, 9.17) is 4.74 Å². The van der Waals surface area contributed by atoms with Gasteiger partial charge in [0.05, 0.1) is 19.6 Å². The van der Waals surface area contributed by atoms with Crippen molar-refractivity contribution in [2.45, 2.75) is 18.9 Å². The van der Waals surface area contributed by atoms with Crippen molar-refractivity contribution in [1.82, 2.24) is 4.90 Å². The maximum Gasteiger partial charge on any atom is 0.227 e. The third kappa shape index (κ3) is 4.17. The summed E-state index contributed by atoms with van der Waals surface area (Å²) in [5, 5.41) is 0. The number of rotatable bonds is 3. The van der Waals surface area contributed by atoms with Crippen molar-refractivity contribution in [2.24, 2.45) is 5.92 Å². The quantitative estimate of drug-likeness (QED) is 0.812. The molecule has 0 aliphatic carbocycles. The van der Waals surface area contributed by atoms with Gasteiger partial charge in [0, 0.05) is 37.3 Å². The number of halogens is 2. The van der Waals surface area contributed by atoms with Gasteiger partial charge in [-0.25, -0.2) is 8.78 Å². The Morgan fingerprint density at radius 1 is 1.00 bits per heavy atom. The van der Waals surface area contributed by atoms with Crippen LogP contribution >= 0.6 is 0 Å². The van der Waals surface area contributed by atoms with Crippen LogP contribution in [0.1, 0.15) is 12.0 Å². The third-order valence-electron chi connectivity index (χ3n) is 5.68. The number of amides is 1. The van der Waals surface area contributed by atoms with E-state index in [-0.39, 0.29) is 35.9 Å². The van der Waals surface area contributed by atoms with Gasteiger partial charge in [-0.3, -0.25) is 4.79 Å². The molecule has 2 heterocycles. The van der Waals surface area contributed by atoms with E-state index in [1.54, 1.807) is 12.1 Å². The summed E-state index contributed by atoms with van der Waals surface area (Å²) >= 11 is 0. The Kier molecular flexibility index (Phi) is 5.57. The van der Waals surface area contributed by atoms with Gasteiger partial charge in [-0.1, -0.05) is 12.1 Å². The Bertz CT molecular complexity index is 810. The van der Waals surface area contributed by atoms with Crippen LogP contribution < -0.4 is 4.90 Å². The van der Waals surface area contributed by atoms with E-state index in [1.807, 2.05) is 17.0 Å². The Morgan fingerprint density at radius 3 is 2.39 bits per heavy atom. The number of carbonyl (C=O) groups excluding carboxylic acids is 1. The van der Waals surface area contributed by atoms with Gasteiger partial charge in [-0.15, -0.1) is 0 Å². The molecule has 0 saturated carbocycles. The molecule has 28 heavy (non-hydrogen) atoms. The van der Waals surface area contributed by atoms with Crippen molar-refractivity contribution in [1.29, 1.82) is 0 Å². The first-order chi connectivity index (χ1) is 13.6. The van der Waals surface area contributed by atoms with Crippen molar-refractivity contribution in [3.8, 4) is 0 Å². The van der Waals surface area contributed by atoms with Crippen molar-refractivity contribution < 1.29 is 18.3 Å². The van der Waals surface area contributed by atoms with Crippen LogP contribution in [0.3, 0.4) is 0 Å². The number of hydrogen-bond acceptors (Lipinski definition) is 3. The second kappa shape index (κ2) is 8.27. The fourth-order valence-electron chi connectivity index (χ4n) is 4.23. The average molecular weight is 386 g/mol. The van der Waals surface area contributed by atoms with Gasteiger partial charge in [-0.05, 0) is 48.4 Å². The highest BCUT2D eigenvalue weighted by molar-refractivity contribution is 5.79. The maximum absolute atomic E-state index is 13.3. The highest BCUT2D eigenvalue weighted by atomic mass is 19.1. The fourth-order valence-corrected chi connectivity index (χ4v) is 4.23. The predicted octanol–water partition coefficient (Wildman–Crippen LogP) is 3.26. The molecule has 0 aromatic heterocycles. The van der Waals surface area contributed by atoms with Crippen molar-refractivity contribution in [2.75, 3.05) is 37.7 Å². The smallest absolute Gasteiger partial charge is 0.227 e. The number of fused-ring (bicyclic) bond motifs is 1. The largest absolute Gasteiger partial charge is 0.379 e. The standard InChI is InChI=1S/C22H24F2N2O2/c23-18-3-1-16(2-4-18)13-22(27)25-10-9-21-17(14-25)15-28-12-11-26(21)20-7-5-19(24)6-8-20/h1-8,17,21H,9-15H2/t17-,21+/m1/s1. The Morgan fingerprint density at radius 2 is 1.68 bits per heavy atom. The summed E-state index contributed by atoms with van der Waals surface area (Å²) in [6.07, 6.45) is 1.13. The van der Waals surface area contributed by atoms with Gasteiger partial charge in [0.15, 0.2) is 0 Å². The number of carbonyl (C=O) groups is 1. The Labute approximate surface area is 163 Å². The van der Waals surface area contributed by atoms with Gasteiger partial charge in [0.1, 0.15) is 11.6 Å². The van der Waals surface area contributed by atoms with Crippen LogP contribution in [-0.2, 0) is 16.0 Å². The summed E-state index contributed by atoms with van der Waals surface area (Å²) in [6.45, 7) is 3.31. The minimum Gasteiger partial charge on any atom is -0.379 e. The second-order valence-electron chi connectivity index (χ2n) is 7.50. The number of ether oxygens (including phenoxy) is 1. The van der Waals surface area contributed by atoms with Gasteiger partial charge in [0.2, 0.25) is 5.91 Å². The molecule has 4 rings (SSSR count). The SMILES string of the molecule is O=C(Cc1ccc(F)cc1)N1CC[C@H]2[C@@H](COCCN2c2ccc(F)cc2)C1. The predicted molar refractivity (Wildman–Crippen MR) is 103 cm³/mol. The van der Waals surface area contributed by atoms with E-state index in [1.165, 1.54) is 24.3 Å². The molecule has 2 saturated heterocycles. The van der Waals surface area contributed by atoms with Crippen LogP contribution in [0.4, 0.5) is 14.5 Å². The van der Waals surface area contributed by atoms with Crippen LogP contribution in [0.25, 0.3) is 0 Å². The molecule has 2 aliphatic heterocycles. The zero-order valence-corrected chi connectivity index (χ0v) is 15.7. The number of nitrogens with zero attached hydrogens (tertiary/aromatic N) is 2. The summed E-state index contributed by atoms with van der Waals surface area (Å²) < 4.78 is 32.2. The van der Waals surface area contributed by atoms with Crippen molar-refractivity contribution in [3.05, 3.63) is 65.7 Å². The number of hydrogen-bond donors (Lipinski definition) is 0. The van der Waals surface area contributed by atoms with Crippen LogP contribution in [0.15, 0.2) is 48.5 Å². The number of piperidine rings is 1.